The molecule has 1 aliphatic carbocycles. The van der Waals surface area contributed by atoms with Crippen molar-refractivity contribution in [3.05, 3.63) is 69.4 Å². The molecule has 0 aliphatic heterocycles. The number of halogens is 2. The number of aryl methyl sites for hydroxylation is 1. The zero-order valence-corrected chi connectivity index (χ0v) is 13.3. The van der Waals surface area contributed by atoms with Crippen LogP contribution in [0.3, 0.4) is 0 Å². The summed E-state index contributed by atoms with van der Waals surface area (Å²) in [5.41, 5.74) is 2.92. The standard InChI is InChI=1S/C18H18BrFO/c19-15-9-8-13(17(20)11-15)10-14-6-3-5-12-4-1-2-7-16(12)18(14)21/h1-2,4,7-9,11,14,18,21H,3,5-6,10H2. The lowest BCUT2D eigenvalue weighted by atomic mass is 9.88. The molecule has 1 aliphatic rings. The third-order valence-corrected chi connectivity index (χ3v) is 4.83. The summed E-state index contributed by atoms with van der Waals surface area (Å²) in [4.78, 5) is 0. The number of hydrogen-bond acceptors (Lipinski definition) is 1. The van der Waals surface area contributed by atoms with Crippen LogP contribution in [0, 0.1) is 11.7 Å². The number of hydrogen-bond donors (Lipinski definition) is 1. The van der Waals surface area contributed by atoms with Crippen LogP contribution in [0.1, 0.15) is 35.6 Å². The predicted octanol–water partition coefficient (Wildman–Crippen LogP) is 4.82. The van der Waals surface area contributed by atoms with Crippen LogP contribution in [0.25, 0.3) is 0 Å². The molecule has 21 heavy (non-hydrogen) atoms. The molecular formula is C18H18BrFO. The summed E-state index contributed by atoms with van der Waals surface area (Å²) in [7, 11) is 0. The van der Waals surface area contributed by atoms with E-state index in [2.05, 4.69) is 22.0 Å². The van der Waals surface area contributed by atoms with Gasteiger partial charge in [0.05, 0.1) is 6.10 Å². The van der Waals surface area contributed by atoms with Crippen LogP contribution in [-0.4, -0.2) is 5.11 Å². The highest BCUT2D eigenvalue weighted by atomic mass is 79.9. The van der Waals surface area contributed by atoms with E-state index in [1.807, 2.05) is 30.3 Å². The quantitative estimate of drug-likeness (QED) is 0.771. The number of rotatable bonds is 2. The van der Waals surface area contributed by atoms with Crippen LogP contribution in [0.5, 0.6) is 0 Å². The zero-order valence-electron chi connectivity index (χ0n) is 11.7. The Morgan fingerprint density at radius 2 is 2.00 bits per heavy atom. The predicted molar refractivity (Wildman–Crippen MR) is 85.6 cm³/mol. The lowest BCUT2D eigenvalue weighted by Crippen LogP contribution is -2.15. The molecule has 1 nitrogen and oxygen atoms in total. The number of fused-ring (bicyclic) bond motifs is 1. The lowest BCUT2D eigenvalue weighted by Gasteiger charge is -2.22. The van der Waals surface area contributed by atoms with Gasteiger partial charge < -0.3 is 5.11 Å². The van der Waals surface area contributed by atoms with E-state index in [0.29, 0.717) is 12.0 Å². The second-order valence-corrected chi connectivity index (χ2v) is 6.65. The molecule has 110 valence electrons. The lowest BCUT2D eigenvalue weighted by molar-refractivity contribution is 0.104. The van der Waals surface area contributed by atoms with Crippen molar-refractivity contribution in [3.63, 3.8) is 0 Å². The van der Waals surface area contributed by atoms with Gasteiger partial charge in [0.1, 0.15) is 5.82 Å². The van der Waals surface area contributed by atoms with Gasteiger partial charge in [-0.25, -0.2) is 4.39 Å². The van der Waals surface area contributed by atoms with E-state index in [9.17, 15) is 9.50 Å². The van der Waals surface area contributed by atoms with Crippen LogP contribution in [-0.2, 0) is 12.8 Å². The number of benzene rings is 2. The molecule has 0 heterocycles. The second-order valence-electron chi connectivity index (χ2n) is 5.74. The Bertz CT molecular complexity index is 641. The molecule has 0 bridgehead atoms. The summed E-state index contributed by atoms with van der Waals surface area (Å²) in [5, 5.41) is 10.7. The van der Waals surface area contributed by atoms with Crippen molar-refractivity contribution in [3.8, 4) is 0 Å². The molecule has 2 aromatic carbocycles. The molecule has 0 saturated heterocycles. The Kier molecular flexibility index (Phi) is 4.41. The summed E-state index contributed by atoms with van der Waals surface area (Å²) in [5.74, 6) is -0.126. The number of aliphatic hydroxyl groups is 1. The highest BCUT2D eigenvalue weighted by molar-refractivity contribution is 9.10. The molecule has 3 rings (SSSR count). The Hall–Kier alpha value is -1.19. The maximum absolute atomic E-state index is 14.0. The van der Waals surface area contributed by atoms with Crippen LogP contribution in [0.2, 0.25) is 0 Å². The van der Waals surface area contributed by atoms with E-state index in [4.69, 9.17) is 0 Å². The minimum Gasteiger partial charge on any atom is -0.388 e. The van der Waals surface area contributed by atoms with Gasteiger partial charge in [0.25, 0.3) is 0 Å². The number of aliphatic hydroxyl groups excluding tert-OH is 1. The molecule has 1 N–H and O–H groups in total. The van der Waals surface area contributed by atoms with E-state index >= 15 is 0 Å². The fraction of sp³-hybridized carbons (Fsp3) is 0.333. The smallest absolute Gasteiger partial charge is 0.127 e. The molecule has 0 fully saturated rings. The first-order chi connectivity index (χ1) is 10.1. The monoisotopic (exact) mass is 348 g/mol. The third-order valence-electron chi connectivity index (χ3n) is 4.34. The van der Waals surface area contributed by atoms with E-state index in [0.717, 1.165) is 29.3 Å². The topological polar surface area (TPSA) is 20.2 Å². The fourth-order valence-electron chi connectivity index (χ4n) is 3.20. The minimum absolute atomic E-state index is 0.0734. The molecule has 2 atom stereocenters. The van der Waals surface area contributed by atoms with Crippen molar-refractivity contribution < 1.29 is 9.50 Å². The van der Waals surface area contributed by atoms with Crippen LogP contribution >= 0.6 is 15.9 Å². The molecule has 0 radical (unpaired) electrons. The highest BCUT2D eigenvalue weighted by Crippen LogP contribution is 2.35. The Labute approximate surface area is 132 Å². The van der Waals surface area contributed by atoms with Crippen molar-refractivity contribution in [2.75, 3.05) is 0 Å². The highest BCUT2D eigenvalue weighted by Gasteiger charge is 2.26. The SMILES string of the molecule is OC1c2ccccc2CCCC1Cc1ccc(Br)cc1F. The summed E-state index contributed by atoms with van der Waals surface area (Å²) < 4.78 is 14.8. The molecular weight excluding hydrogens is 331 g/mol. The first-order valence-electron chi connectivity index (χ1n) is 7.35. The van der Waals surface area contributed by atoms with Gasteiger partial charge >= 0.3 is 0 Å². The van der Waals surface area contributed by atoms with E-state index in [-0.39, 0.29) is 11.7 Å². The summed E-state index contributed by atoms with van der Waals surface area (Å²) in [6, 6.07) is 13.2. The Balaban J connectivity index is 1.86. The second kappa shape index (κ2) is 6.29. The maximum Gasteiger partial charge on any atom is 0.127 e. The van der Waals surface area contributed by atoms with E-state index in [1.54, 1.807) is 0 Å². The van der Waals surface area contributed by atoms with Gasteiger partial charge in [0.2, 0.25) is 0 Å². The molecule has 0 saturated carbocycles. The van der Waals surface area contributed by atoms with Crippen molar-refractivity contribution in [2.45, 2.75) is 31.8 Å². The van der Waals surface area contributed by atoms with Crippen LogP contribution in [0.15, 0.2) is 46.9 Å². The third kappa shape index (κ3) is 3.19. The van der Waals surface area contributed by atoms with Crippen LogP contribution < -0.4 is 0 Å². The molecule has 2 unspecified atom stereocenters. The average Bonchev–Trinajstić information content (AvgIpc) is 2.63. The van der Waals surface area contributed by atoms with Gasteiger partial charge in [-0.05, 0) is 60.4 Å². The minimum atomic E-state index is -0.508. The molecule has 0 amide bonds. The van der Waals surface area contributed by atoms with Crippen molar-refractivity contribution in [2.24, 2.45) is 5.92 Å². The summed E-state index contributed by atoms with van der Waals surface area (Å²) in [6.45, 7) is 0. The molecule has 2 aromatic rings. The van der Waals surface area contributed by atoms with Gasteiger partial charge in [-0.2, -0.15) is 0 Å². The van der Waals surface area contributed by atoms with Crippen molar-refractivity contribution >= 4 is 15.9 Å². The maximum atomic E-state index is 14.0. The van der Waals surface area contributed by atoms with Crippen molar-refractivity contribution in [1.29, 1.82) is 0 Å². The van der Waals surface area contributed by atoms with E-state index < -0.39 is 6.10 Å². The molecule has 0 aromatic heterocycles. The van der Waals surface area contributed by atoms with Gasteiger partial charge in [-0.3, -0.25) is 0 Å². The van der Waals surface area contributed by atoms with Crippen LogP contribution in [0.4, 0.5) is 4.39 Å². The van der Waals surface area contributed by atoms with Gasteiger partial charge in [0.15, 0.2) is 0 Å². The van der Waals surface area contributed by atoms with Gasteiger partial charge in [-0.1, -0.05) is 46.3 Å². The normalized spacial score (nSPS) is 21.7. The summed E-state index contributed by atoms with van der Waals surface area (Å²) >= 11 is 3.28. The van der Waals surface area contributed by atoms with E-state index in [1.165, 1.54) is 11.6 Å². The zero-order chi connectivity index (χ0) is 14.8. The first kappa shape index (κ1) is 14.7. The van der Waals surface area contributed by atoms with Gasteiger partial charge in [0, 0.05) is 4.47 Å². The largest absolute Gasteiger partial charge is 0.388 e. The van der Waals surface area contributed by atoms with Crippen molar-refractivity contribution in [1.82, 2.24) is 0 Å². The Morgan fingerprint density at radius 3 is 2.81 bits per heavy atom. The molecule has 0 spiro atoms. The first-order valence-corrected chi connectivity index (χ1v) is 8.14. The summed E-state index contributed by atoms with van der Waals surface area (Å²) in [6.07, 6.45) is 3.02. The molecule has 3 heteroatoms. The Morgan fingerprint density at radius 1 is 1.19 bits per heavy atom. The van der Waals surface area contributed by atoms with Gasteiger partial charge in [-0.15, -0.1) is 0 Å². The average molecular weight is 349 g/mol. The fourth-order valence-corrected chi connectivity index (χ4v) is 3.53.